The van der Waals surface area contributed by atoms with Gasteiger partial charge < -0.3 is 66.6 Å². The first-order chi connectivity index (χ1) is 69.4. The highest BCUT2D eigenvalue weighted by Crippen LogP contribution is 2.40. The number of rotatable bonds is 22. The zero-order valence-electron chi connectivity index (χ0n) is 84.4. The Kier molecular flexibility index (Phi) is 40.5. The van der Waals surface area contributed by atoms with Crippen LogP contribution in [0.2, 0.25) is 0 Å². The molecule has 11 N–H and O–H groups in total. The van der Waals surface area contributed by atoms with Crippen LogP contribution in [-0.2, 0) is 109 Å². The van der Waals surface area contributed by atoms with E-state index in [1.807, 2.05) is 141 Å². The number of esters is 3. The van der Waals surface area contributed by atoms with E-state index in [9.17, 15) is 102 Å². The molecule has 0 radical (unpaired) electrons. The first-order valence-corrected chi connectivity index (χ1v) is 49.3. The maximum atomic E-state index is 13.7. The van der Waals surface area contributed by atoms with Gasteiger partial charge in [-0.25, -0.2) is 67.9 Å². The quantitative estimate of drug-likeness (QED) is 0.00990. The SMILES string of the molecule is CC(C)=CB(O)O.CC(C)=Cc1c(C)cccc1C(=O)NC1(C(=O)O)Cc2cc(F)c(F)cc2C1.CCOC(=O)C1(N)Cc2cc(F)c(F)cc2C1.CCOC(=O)C1(NC(=O)c2cccc(C)c2C=C(C)C)Cc2cc(F)c(F)cc2C1.CCOC(=O)C1(NC(=O)c2cccc(C)c2I)Cc2cc(F)c(F)cc2C1.Cc1cccc(C(=O)NC2(C(=O)O)Cc3cc(F)c(F)cc3C2)c1CC(C)C.Cc1cccc(C(=O)O)c1I. The van der Waals surface area contributed by atoms with E-state index in [1.54, 1.807) is 95.3 Å². The highest BCUT2D eigenvalue weighted by atomic mass is 127. The lowest BCUT2D eigenvalue weighted by Crippen LogP contribution is -2.56. The number of halogens is 12. The van der Waals surface area contributed by atoms with Gasteiger partial charge in [0.05, 0.1) is 30.9 Å². The van der Waals surface area contributed by atoms with Crippen molar-refractivity contribution in [3.05, 3.63) is 368 Å². The largest absolute Gasteiger partial charge is 0.480 e. The topological polar surface area (TPSA) is 374 Å². The summed E-state index contributed by atoms with van der Waals surface area (Å²) < 4.78 is 152. The minimum absolute atomic E-state index is 0.0356. The van der Waals surface area contributed by atoms with Crippen LogP contribution in [-0.4, -0.2) is 139 Å². The van der Waals surface area contributed by atoms with Crippen LogP contribution in [0.15, 0.2) is 174 Å². The fourth-order valence-corrected chi connectivity index (χ4v) is 19.1. The number of carbonyl (C=O) groups excluding carboxylic acids is 7. The van der Waals surface area contributed by atoms with Crippen molar-refractivity contribution in [1.29, 1.82) is 0 Å². The molecule has 0 bridgehead atoms. The van der Waals surface area contributed by atoms with E-state index in [4.69, 9.17) is 35.1 Å². The molecule has 0 saturated heterocycles. The van der Waals surface area contributed by atoms with Gasteiger partial charge >= 0.3 is 42.9 Å². The van der Waals surface area contributed by atoms with E-state index in [2.05, 4.69) is 43.9 Å². The Labute approximate surface area is 878 Å². The number of aryl methyl sites for hydroxylation is 5. The van der Waals surface area contributed by atoms with Crippen LogP contribution in [0.1, 0.15) is 228 Å². The van der Waals surface area contributed by atoms with Crippen LogP contribution < -0.4 is 27.0 Å². The van der Waals surface area contributed by atoms with Crippen molar-refractivity contribution in [3.8, 4) is 0 Å². The molecule has 0 aromatic heterocycles. The molecule has 5 aliphatic carbocycles. The van der Waals surface area contributed by atoms with E-state index in [-0.39, 0.29) is 84.0 Å². The number of hydrogen-bond acceptors (Lipinski definition) is 16. The Morgan fingerprint density at radius 2 is 0.601 bits per heavy atom. The molecule has 10 aromatic rings. The Morgan fingerprint density at radius 3 is 0.865 bits per heavy atom. The summed E-state index contributed by atoms with van der Waals surface area (Å²) in [5, 5.41) is 55.6. The number of nitrogens with one attached hydrogen (secondary N) is 4. The highest BCUT2D eigenvalue weighted by molar-refractivity contribution is 14.1. The smallest absolute Gasteiger partial charge is 0.479 e. The number of ether oxygens (including phenoxy) is 3. The fraction of sp³-hybridized carbons (Fsp3) is 0.321. The molecule has 5 aliphatic rings. The molecule has 0 saturated carbocycles. The second kappa shape index (κ2) is 50.7. The van der Waals surface area contributed by atoms with Gasteiger partial charge in [-0.3, -0.25) is 24.0 Å². The molecule has 23 nitrogen and oxygen atoms in total. The maximum absolute atomic E-state index is 13.7. The molecule has 148 heavy (non-hydrogen) atoms. The first-order valence-electron chi connectivity index (χ1n) is 47.1. The highest BCUT2D eigenvalue weighted by Gasteiger charge is 2.52. The summed E-state index contributed by atoms with van der Waals surface area (Å²) in [6.07, 6.45) is 4.59. The van der Waals surface area contributed by atoms with E-state index < -0.39 is 152 Å². The van der Waals surface area contributed by atoms with E-state index >= 15 is 0 Å². The Hall–Kier alpha value is -13.2. The first kappa shape index (κ1) is 118. The number of nitrogens with two attached hydrogens (primary N) is 1. The fourth-order valence-electron chi connectivity index (χ4n) is 17.9. The number of aliphatic carboxylic acids is 2. The van der Waals surface area contributed by atoms with Crippen LogP contribution in [0.3, 0.4) is 0 Å². The molecular weight excluding hydrogens is 2160 g/mol. The van der Waals surface area contributed by atoms with Crippen LogP contribution in [0, 0.1) is 106 Å². The van der Waals surface area contributed by atoms with Gasteiger partial charge in [0.15, 0.2) is 58.2 Å². The molecule has 10 aromatic carbocycles. The Balaban J connectivity index is 0.000000198. The number of carboxylic acid groups (broad SMARTS) is 3. The lowest BCUT2D eigenvalue weighted by molar-refractivity contribution is -0.151. The predicted octanol–water partition coefficient (Wildman–Crippen LogP) is 19.7. The second-order valence-corrected chi connectivity index (χ2v) is 40.2. The average Bonchev–Trinajstić information content (AvgIpc) is 1.62. The van der Waals surface area contributed by atoms with E-state index in [0.29, 0.717) is 101 Å². The summed E-state index contributed by atoms with van der Waals surface area (Å²) in [5.74, 6) is -15.2. The minimum atomic E-state index is -1.65. The summed E-state index contributed by atoms with van der Waals surface area (Å²) in [6.45, 7) is 30.4. The number of benzene rings is 10. The molecule has 0 aliphatic heterocycles. The molecule has 0 spiro atoms. The van der Waals surface area contributed by atoms with Crippen molar-refractivity contribution in [3.63, 3.8) is 0 Å². The molecule has 0 atom stereocenters. The van der Waals surface area contributed by atoms with Gasteiger partial charge in [-0.1, -0.05) is 109 Å². The summed E-state index contributed by atoms with van der Waals surface area (Å²) in [4.78, 5) is 124. The number of aromatic carboxylic acids is 1. The van der Waals surface area contributed by atoms with Crippen molar-refractivity contribution in [1.82, 2.24) is 21.3 Å². The molecule has 4 amide bonds. The molecule has 0 fully saturated rings. The van der Waals surface area contributed by atoms with Gasteiger partial charge in [-0.2, -0.15) is 0 Å². The van der Waals surface area contributed by atoms with Gasteiger partial charge in [0.25, 0.3) is 23.6 Å². The number of carbonyl (C=O) groups is 10. The Bertz CT molecular complexity index is 6740. The van der Waals surface area contributed by atoms with Crippen LogP contribution >= 0.6 is 45.2 Å². The lowest BCUT2D eigenvalue weighted by Gasteiger charge is -2.28. The third-order valence-corrected chi connectivity index (χ3v) is 27.9. The summed E-state index contributed by atoms with van der Waals surface area (Å²) in [6, 6.07) is 37.1. The number of hydrogen-bond donors (Lipinski definition) is 10. The summed E-state index contributed by atoms with van der Waals surface area (Å²) in [7, 11) is -1.29. The van der Waals surface area contributed by atoms with Crippen molar-refractivity contribution in [2.75, 3.05) is 19.8 Å². The number of fused-ring (bicyclic) bond motifs is 5. The lowest BCUT2D eigenvalue weighted by atomic mass is 9.89. The monoisotopic (exact) mass is 2270 g/mol. The third kappa shape index (κ3) is 29.1. The molecule has 36 heteroatoms. The van der Waals surface area contributed by atoms with Crippen molar-refractivity contribution in [2.45, 2.75) is 209 Å². The second-order valence-electron chi connectivity index (χ2n) is 38.1. The normalized spacial score (nSPS) is 14.0. The van der Waals surface area contributed by atoms with Crippen molar-refractivity contribution >= 4 is 124 Å². The number of carboxylic acids is 3. The van der Waals surface area contributed by atoms with Crippen molar-refractivity contribution in [2.24, 2.45) is 11.7 Å². The molecular formula is C112H116BF10I2N5O18. The zero-order chi connectivity index (χ0) is 110. The van der Waals surface area contributed by atoms with Gasteiger partial charge in [0.2, 0.25) is 0 Å². The van der Waals surface area contributed by atoms with Gasteiger partial charge in [-0.05, 0) is 346 Å². The standard InChI is InChI=1S/C24H25F2NO3.C22H23F2NO3.C22H21F2NO3.C20H18F2INO3.C12H13F2NO2.C8H7IO2.C4H9BO2/c1-5-30-23(29)24(12-16-10-20(25)21(26)11-17(16)13-24)27-22(28)18-8-6-7-15(4)19(18)9-14(2)3;2*1-12(2)7-17-13(3)5-4-6-16(17)20(26)25-22(21(27)28)10-14-8-18(23)19(24)9-15(14)11-22;1-3-27-19(26)20(9-12-7-15(21)16(22)8-13(12)10-20)24-18(25)14-6-4-5-11(2)17(14)23;1-2-17-11(16)12(15)5-7-3-9(13)10(14)4-8(7)6-12;1-5-3-2-4-6(7(5)9)8(10)11;1-4(2)3-5(6)7/h6-11H,5,12-13H2,1-4H3,(H,27,28);4-6,8-9,12H,7,10-11H2,1-3H3,(H,25,26)(H,27,28);4-9H,10-11H2,1-3H3,(H,25,26)(H,27,28);4-8H,3,9-10H2,1-2H3,(H,24,25);3-4H,2,5-6,15H2,1H3;2-4H,1H3,(H,10,11);3,6-7H,1-2H3. The minimum Gasteiger partial charge on any atom is -0.479 e. The van der Waals surface area contributed by atoms with Gasteiger partial charge in [-0.15, -0.1) is 0 Å². The molecule has 0 heterocycles. The van der Waals surface area contributed by atoms with Crippen molar-refractivity contribution < 1.29 is 131 Å². The molecule has 0 unspecified atom stereocenters. The average molecular weight is 2270 g/mol. The predicted molar refractivity (Wildman–Crippen MR) is 557 cm³/mol. The van der Waals surface area contributed by atoms with E-state index in [1.165, 1.54) is 5.98 Å². The zero-order valence-corrected chi connectivity index (χ0v) is 88.7. The summed E-state index contributed by atoms with van der Waals surface area (Å²) in [5.41, 5.74) is 15.3. The molecule has 15 rings (SSSR count). The van der Waals surface area contributed by atoms with Gasteiger partial charge in [0, 0.05) is 88.0 Å². The van der Waals surface area contributed by atoms with E-state index in [0.717, 1.165) is 123 Å². The van der Waals surface area contributed by atoms with Crippen LogP contribution in [0.4, 0.5) is 43.9 Å². The van der Waals surface area contributed by atoms with Crippen LogP contribution in [0.5, 0.6) is 0 Å². The third-order valence-electron chi connectivity index (χ3n) is 25.0. The molecule has 784 valence electrons. The van der Waals surface area contributed by atoms with Crippen LogP contribution in [0.25, 0.3) is 12.2 Å². The summed E-state index contributed by atoms with van der Waals surface area (Å²) >= 11 is 4.12. The van der Waals surface area contributed by atoms with Gasteiger partial charge in [0.1, 0.15) is 27.7 Å². The number of allylic oxidation sites excluding steroid dienone is 3. The number of amides is 4. The maximum Gasteiger partial charge on any atom is 0.480 e. The Morgan fingerprint density at radius 1 is 0.358 bits per heavy atom.